The standard InChI is InChI=1S/C16H15NO3/c18-14-3-1-2-13-12(14)6-7-17(13)11-4-5-15-16(10-11)20-9-8-19-15/h4-7,10H,1-3,8-9H2. The number of aromatic nitrogens is 1. The SMILES string of the molecule is O=C1CCCc2c1ccn2-c1ccc2c(c1)OCCO2. The molecule has 0 atom stereocenters. The summed E-state index contributed by atoms with van der Waals surface area (Å²) < 4.78 is 13.2. The molecule has 4 rings (SSSR count). The molecular weight excluding hydrogens is 254 g/mol. The largest absolute Gasteiger partial charge is 0.486 e. The highest BCUT2D eigenvalue weighted by molar-refractivity contribution is 5.98. The predicted octanol–water partition coefficient (Wildman–Crippen LogP) is 2.77. The number of hydrogen-bond donors (Lipinski definition) is 0. The fraction of sp³-hybridized carbons (Fsp3) is 0.312. The van der Waals surface area contributed by atoms with Crippen molar-refractivity contribution >= 4 is 5.78 Å². The molecule has 0 amide bonds. The van der Waals surface area contributed by atoms with Crippen molar-refractivity contribution in [3.05, 3.63) is 41.7 Å². The van der Waals surface area contributed by atoms with Gasteiger partial charge in [-0.15, -0.1) is 0 Å². The summed E-state index contributed by atoms with van der Waals surface area (Å²) in [7, 11) is 0. The van der Waals surface area contributed by atoms with Crippen LogP contribution in [0, 0.1) is 0 Å². The van der Waals surface area contributed by atoms with Crippen molar-refractivity contribution in [1.82, 2.24) is 4.57 Å². The Morgan fingerprint density at radius 3 is 2.75 bits per heavy atom. The van der Waals surface area contributed by atoms with E-state index in [-0.39, 0.29) is 5.78 Å². The lowest BCUT2D eigenvalue weighted by molar-refractivity contribution is 0.0972. The molecule has 0 saturated carbocycles. The second-order valence-electron chi connectivity index (χ2n) is 5.15. The first-order valence-electron chi connectivity index (χ1n) is 6.96. The lowest BCUT2D eigenvalue weighted by Crippen LogP contribution is -2.16. The van der Waals surface area contributed by atoms with Crippen molar-refractivity contribution in [3.63, 3.8) is 0 Å². The van der Waals surface area contributed by atoms with Gasteiger partial charge in [-0.2, -0.15) is 0 Å². The van der Waals surface area contributed by atoms with Crippen LogP contribution in [0.5, 0.6) is 11.5 Å². The Morgan fingerprint density at radius 1 is 1.00 bits per heavy atom. The van der Waals surface area contributed by atoms with Gasteiger partial charge in [-0.05, 0) is 31.0 Å². The van der Waals surface area contributed by atoms with Crippen LogP contribution in [0.2, 0.25) is 0 Å². The molecule has 20 heavy (non-hydrogen) atoms. The zero-order valence-electron chi connectivity index (χ0n) is 11.1. The van der Waals surface area contributed by atoms with Crippen LogP contribution in [0.3, 0.4) is 0 Å². The molecule has 0 N–H and O–H groups in total. The van der Waals surface area contributed by atoms with Crippen LogP contribution in [-0.4, -0.2) is 23.6 Å². The minimum atomic E-state index is 0.252. The number of Topliss-reactive ketones (excluding diaryl/α,β-unsaturated/α-hetero) is 1. The van der Waals surface area contributed by atoms with E-state index < -0.39 is 0 Å². The maximum absolute atomic E-state index is 11.9. The number of fused-ring (bicyclic) bond motifs is 2. The fourth-order valence-electron chi connectivity index (χ4n) is 2.95. The van der Waals surface area contributed by atoms with E-state index in [1.165, 1.54) is 0 Å². The highest BCUT2D eigenvalue weighted by atomic mass is 16.6. The Hall–Kier alpha value is -2.23. The van der Waals surface area contributed by atoms with Gasteiger partial charge in [0, 0.05) is 35.6 Å². The molecule has 1 aromatic heterocycles. The van der Waals surface area contributed by atoms with Crippen LogP contribution < -0.4 is 9.47 Å². The summed E-state index contributed by atoms with van der Waals surface area (Å²) in [5.41, 5.74) is 2.99. The van der Waals surface area contributed by atoms with Gasteiger partial charge in [-0.3, -0.25) is 4.79 Å². The van der Waals surface area contributed by atoms with E-state index in [1.807, 2.05) is 30.5 Å². The predicted molar refractivity (Wildman–Crippen MR) is 74.0 cm³/mol. The molecule has 0 saturated heterocycles. The minimum Gasteiger partial charge on any atom is -0.486 e. The van der Waals surface area contributed by atoms with Crippen molar-refractivity contribution in [2.45, 2.75) is 19.3 Å². The van der Waals surface area contributed by atoms with Crippen LogP contribution in [0.4, 0.5) is 0 Å². The van der Waals surface area contributed by atoms with Crippen molar-refractivity contribution in [3.8, 4) is 17.2 Å². The van der Waals surface area contributed by atoms with Crippen molar-refractivity contribution in [1.29, 1.82) is 0 Å². The Bertz CT molecular complexity index is 687. The number of carbonyl (C=O) groups excluding carboxylic acids is 1. The van der Waals surface area contributed by atoms with E-state index in [0.29, 0.717) is 19.6 Å². The molecule has 1 aromatic carbocycles. The van der Waals surface area contributed by atoms with E-state index in [2.05, 4.69) is 4.57 Å². The summed E-state index contributed by atoms with van der Waals surface area (Å²) in [5, 5.41) is 0. The molecule has 4 nitrogen and oxygen atoms in total. The second kappa shape index (κ2) is 4.40. The van der Waals surface area contributed by atoms with Gasteiger partial charge >= 0.3 is 0 Å². The highest BCUT2D eigenvalue weighted by Gasteiger charge is 2.21. The van der Waals surface area contributed by atoms with Crippen molar-refractivity contribution in [2.75, 3.05) is 13.2 Å². The number of carbonyl (C=O) groups is 1. The van der Waals surface area contributed by atoms with Crippen LogP contribution in [-0.2, 0) is 6.42 Å². The third-order valence-corrected chi connectivity index (χ3v) is 3.91. The summed E-state index contributed by atoms with van der Waals surface area (Å²) in [5.74, 6) is 1.82. The molecule has 2 heterocycles. The first kappa shape index (κ1) is 11.6. The molecule has 2 aromatic rings. The van der Waals surface area contributed by atoms with E-state index in [4.69, 9.17) is 9.47 Å². The van der Waals surface area contributed by atoms with Crippen molar-refractivity contribution < 1.29 is 14.3 Å². The molecule has 0 spiro atoms. The maximum atomic E-state index is 11.9. The van der Waals surface area contributed by atoms with E-state index in [9.17, 15) is 4.79 Å². The van der Waals surface area contributed by atoms with Gasteiger partial charge in [0.15, 0.2) is 17.3 Å². The Morgan fingerprint density at radius 2 is 1.85 bits per heavy atom. The Kier molecular flexibility index (Phi) is 2.55. The summed E-state index contributed by atoms with van der Waals surface area (Å²) in [6, 6.07) is 7.84. The molecule has 2 aliphatic rings. The molecule has 1 aliphatic carbocycles. The van der Waals surface area contributed by atoms with Gasteiger partial charge in [0.2, 0.25) is 0 Å². The first-order valence-corrected chi connectivity index (χ1v) is 6.96. The summed E-state index contributed by atoms with van der Waals surface area (Å²) in [6.45, 7) is 1.18. The maximum Gasteiger partial charge on any atom is 0.164 e. The molecule has 0 radical (unpaired) electrons. The van der Waals surface area contributed by atoms with Gasteiger partial charge in [0.25, 0.3) is 0 Å². The summed E-state index contributed by atoms with van der Waals surface area (Å²) in [4.78, 5) is 11.9. The lowest BCUT2D eigenvalue weighted by Gasteiger charge is -2.20. The third-order valence-electron chi connectivity index (χ3n) is 3.91. The Balaban J connectivity index is 1.80. The monoisotopic (exact) mass is 269 g/mol. The van der Waals surface area contributed by atoms with Gasteiger partial charge in [-0.25, -0.2) is 0 Å². The zero-order chi connectivity index (χ0) is 13.5. The van der Waals surface area contributed by atoms with Crippen LogP contribution in [0.1, 0.15) is 28.9 Å². The number of ketones is 1. The highest BCUT2D eigenvalue weighted by Crippen LogP contribution is 2.33. The normalized spacial score (nSPS) is 16.9. The smallest absolute Gasteiger partial charge is 0.164 e. The number of ether oxygens (including phenoxy) is 2. The molecule has 0 fully saturated rings. The van der Waals surface area contributed by atoms with Crippen LogP contribution in [0.25, 0.3) is 5.69 Å². The average Bonchev–Trinajstić information content (AvgIpc) is 2.92. The van der Waals surface area contributed by atoms with E-state index in [0.717, 1.165) is 41.3 Å². The average molecular weight is 269 g/mol. The lowest BCUT2D eigenvalue weighted by atomic mass is 9.97. The number of hydrogen-bond acceptors (Lipinski definition) is 3. The van der Waals surface area contributed by atoms with E-state index >= 15 is 0 Å². The molecule has 4 heteroatoms. The van der Waals surface area contributed by atoms with Gasteiger partial charge in [-0.1, -0.05) is 0 Å². The molecule has 1 aliphatic heterocycles. The topological polar surface area (TPSA) is 40.5 Å². The van der Waals surface area contributed by atoms with Gasteiger partial charge in [0.05, 0.1) is 0 Å². The van der Waals surface area contributed by atoms with E-state index in [1.54, 1.807) is 0 Å². The quantitative estimate of drug-likeness (QED) is 0.799. The minimum absolute atomic E-state index is 0.252. The summed E-state index contributed by atoms with van der Waals surface area (Å²) >= 11 is 0. The molecular formula is C16H15NO3. The number of rotatable bonds is 1. The van der Waals surface area contributed by atoms with Crippen LogP contribution >= 0.6 is 0 Å². The Labute approximate surface area is 116 Å². The summed E-state index contributed by atoms with van der Waals surface area (Å²) in [6.07, 6.45) is 4.51. The number of benzene rings is 1. The molecule has 0 unspecified atom stereocenters. The van der Waals surface area contributed by atoms with Crippen LogP contribution in [0.15, 0.2) is 30.5 Å². The zero-order valence-corrected chi connectivity index (χ0v) is 11.1. The van der Waals surface area contributed by atoms with Crippen molar-refractivity contribution in [2.24, 2.45) is 0 Å². The number of nitrogens with zero attached hydrogens (tertiary/aromatic N) is 1. The third kappa shape index (κ3) is 1.72. The van der Waals surface area contributed by atoms with Gasteiger partial charge < -0.3 is 14.0 Å². The molecule has 0 bridgehead atoms. The van der Waals surface area contributed by atoms with Gasteiger partial charge in [0.1, 0.15) is 13.2 Å². The fourth-order valence-corrected chi connectivity index (χ4v) is 2.95. The second-order valence-corrected chi connectivity index (χ2v) is 5.15. The first-order chi connectivity index (χ1) is 9.83. The molecule has 102 valence electrons.